The standard InChI is InChI=1S/C17H21BrN2/c1-3-5-13-6-4-7-14(10-13)17(20-19)15-8-12(2)9-16(18)11-15/h4,6-11,17,20H,3,5,19H2,1-2H3. The van der Waals surface area contributed by atoms with Crippen molar-refractivity contribution in [3.8, 4) is 0 Å². The van der Waals surface area contributed by atoms with Crippen LogP contribution in [0.5, 0.6) is 0 Å². The number of halogens is 1. The fraction of sp³-hybridized carbons (Fsp3) is 0.294. The van der Waals surface area contributed by atoms with Gasteiger partial charge in [-0.25, -0.2) is 5.43 Å². The van der Waals surface area contributed by atoms with Crippen LogP contribution < -0.4 is 11.3 Å². The van der Waals surface area contributed by atoms with Gasteiger partial charge in [0, 0.05) is 4.47 Å². The van der Waals surface area contributed by atoms with E-state index >= 15 is 0 Å². The highest BCUT2D eigenvalue weighted by Gasteiger charge is 2.13. The number of nitrogens with one attached hydrogen (secondary N) is 1. The van der Waals surface area contributed by atoms with E-state index < -0.39 is 0 Å². The van der Waals surface area contributed by atoms with Crippen LogP contribution in [0.25, 0.3) is 0 Å². The smallest absolute Gasteiger partial charge is 0.0710 e. The molecule has 2 aromatic rings. The fourth-order valence-corrected chi connectivity index (χ4v) is 3.16. The molecule has 106 valence electrons. The Labute approximate surface area is 129 Å². The first-order valence-electron chi connectivity index (χ1n) is 6.96. The van der Waals surface area contributed by atoms with E-state index in [1.165, 1.54) is 22.3 Å². The minimum Gasteiger partial charge on any atom is -0.271 e. The lowest BCUT2D eigenvalue weighted by atomic mass is 9.95. The summed E-state index contributed by atoms with van der Waals surface area (Å²) in [6.07, 6.45) is 2.25. The Balaban J connectivity index is 2.38. The highest BCUT2D eigenvalue weighted by Crippen LogP contribution is 2.26. The second-order valence-electron chi connectivity index (χ2n) is 5.16. The van der Waals surface area contributed by atoms with E-state index in [-0.39, 0.29) is 6.04 Å². The molecule has 1 unspecified atom stereocenters. The van der Waals surface area contributed by atoms with Gasteiger partial charge in [0.15, 0.2) is 0 Å². The molecule has 0 saturated carbocycles. The second-order valence-corrected chi connectivity index (χ2v) is 6.07. The van der Waals surface area contributed by atoms with Gasteiger partial charge in [-0.2, -0.15) is 0 Å². The molecule has 0 aliphatic heterocycles. The van der Waals surface area contributed by atoms with Crippen molar-refractivity contribution in [1.29, 1.82) is 0 Å². The molecular formula is C17H21BrN2. The molecule has 2 aromatic carbocycles. The first kappa shape index (κ1) is 15.2. The van der Waals surface area contributed by atoms with Gasteiger partial charge in [-0.15, -0.1) is 0 Å². The zero-order chi connectivity index (χ0) is 14.5. The first-order valence-corrected chi connectivity index (χ1v) is 7.75. The summed E-state index contributed by atoms with van der Waals surface area (Å²) in [5, 5.41) is 0. The average molecular weight is 333 g/mol. The van der Waals surface area contributed by atoms with Crippen molar-refractivity contribution in [3.63, 3.8) is 0 Å². The molecule has 0 heterocycles. The monoisotopic (exact) mass is 332 g/mol. The molecule has 0 spiro atoms. The molecule has 2 rings (SSSR count). The molecule has 0 fully saturated rings. The van der Waals surface area contributed by atoms with Crippen LogP contribution in [0.2, 0.25) is 0 Å². The molecule has 1 atom stereocenters. The summed E-state index contributed by atoms with van der Waals surface area (Å²) < 4.78 is 1.08. The molecule has 2 nitrogen and oxygen atoms in total. The van der Waals surface area contributed by atoms with Crippen LogP contribution in [0.1, 0.15) is 41.6 Å². The van der Waals surface area contributed by atoms with Crippen molar-refractivity contribution in [2.45, 2.75) is 32.7 Å². The van der Waals surface area contributed by atoms with Gasteiger partial charge in [0.25, 0.3) is 0 Å². The van der Waals surface area contributed by atoms with Crippen molar-refractivity contribution < 1.29 is 0 Å². The van der Waals surface area contributed by atoms with E-state index in [0.29, 0.717) is 0 Å². The van der Waals surface area contributed by atoms with Crippen molar-refractivity contribution in [1.82, 2.24) is 5.43 Å². The Morgan fingerprint density at radius 1 is 1.15 bits per heavy atom. The van der Waals surface area contributed by atoms with Crippen molar-refractivity contribution in [2.24, 2.45) is 5.84 Å². The normalized spacial score (nSPS) is 12.4. The number of hydrogen-bond donors (Lipinski definition) is 2. The Morgan fingerprint density at radius 3 is 2.60 bits per heavy atom. The van der Waals surface area contributed by atoms with E-state index in [4.69, 9.17) is 5.84 Å². The zero-order valence-corrected chi connectivity index (χ0v) is 13.6. The van der Waals surface area contributed by atoms with E-state index in [1.807, 2.05) is 0 Å². The van der Waals surface area contributed by atoms with E-state index in [0.717, 1.165) is 17.3 Å². The number of benzene rings is 2. The Kier molecular flexibility index (Phi) is 5.35. The van der Waals surface area contributed by atoms with Crippen molar-refractivity contribution >= 4 is 15.9 Å². The van der Waals surface area contributed by atoms with Gasteiger partial charge < -0.3 is 0 Å². The van der Waals surface area contributed by atoms with Gasteiger partial charge >= 0.3 is 0 Å². The molecule has 0 amide bonds. The highest BCUT2D eigenvalue weighted by molar-refractivity contribution is 9.10. The predicted molar refractivity (Wildman–Crippen MR) is 88.5 cm³/mol. The maximum atomic E-state index is 5.80. The number of rotatable bonds is 5. The zero-order valence-electron chi connectivity index (χ0n) is 12.0. The van der Waals surface area contributed by atoms with Gasteiger partial charge in [-0.3, -0.25) is 5.84 Å². The van der Waals surface area contributed by atoms with Crippen molar-refractivity contribution in [2.75, 3.05) is 0 Å². The quantitative estimate of drug-likeness (QED) is 0.634. The van der Waals surface area contributed by atoms with Crippen molar-refractivity contribution in [3.05, 3.63) is 69.2 Å². The van der Waals surface area contributed by atoms with E-state index in [9.17, 15) is 0 Å². The lowest BCUT2D eigenvalue weighted by Crippen LogP contribution is -2.29. The average Bonchev–Trinajstić information content (AvgIpc) is 2.39. The van der Waals surface area contributed by atoms with Crippen LogP contribution in [0.15, 0.2) is 46.9 Å². The molecule has 0 aliphatic carbocycles. The minimum atomic E-state index is 0.0167. The van der Waals surface area contributed by atoms with Gasteiger partial charge in [-0.1, -0.05) is 59.6 Å². The number of hydrazine groups is 1. The van der Waals surface area contributed by atoms with Crippen LogP contribution in [0, 0.1) is 6.92 Å². The summed E-state index contributed by atoms with van der Waals surface area (Å²) in [6, 6.07) is 15.0. The maximum Gasteiger partial charge on any atom is 0.0710 e. The molecule has 3 heteroatoms. The molecule has 0 aromatic heterocycles. The molecule has 3 N–H and O–H groups in total. The molecule has 0 saturated heterocycles. The molecular weight excluding hydrogens is 312 g/mol. The summed E-state index contributed by atoms with van der Waals surface area (Å²) >= 11 is 3.55. The highest BCUT2D eigenvalue weighted by atomic mass is 79.9. The molecule has 20 heavy (non-hydrogen) atoms. The van der Waals surface area contributed by atoms with E-state index in [1.54, 1.807) is 0 Å². The summed E-state index contributed by atoms with van der Waals surface area (Å²) in [4.78, 5) is 0. The Morgan fingerprint density at radius 2 is 1.95 bits per heavy atom. The molecule has 0 aliphatic rings. The van der Waals surface area contributed by atoms with Gasteiger partial charge in [0.05, 0.1) is 6.04 Å². The fourth-order valence-electron chi connectivity index (χ4n) is 2.53. The third-order valence-corrected chi connectivity index (χ3v) is 3.85. The lowest BCUT2D eigenvalue weighted by molar-refractivity contribution is 0.635. The first-order chi connectivity index (χ1) is 9.63. The summed E-state index contributed by atoms with van der Waals surface area (Å²) in [5.41, 5.74) is 7.90. The van der Waals surface area contributed by atoms with Gasteiger partial charge in [-0.05, 0) is 47.7 Å². The summed E-state index contributed by atoms with van der Waals surface area (Å²) in [5.74, 6) is 5.80. The Hall–Kier alpha value is -1.16. The van der Waals surface area contributed by atoms with E-state index in [2.05, 4.69) is 77.7 Å². The third-order valence-electron chi connectivity index (χ3n) is 3.39. The summed E-state index contributed by atoms with van der Waals surface area (Å²) in [6.45, 7) is 4.29. The van der Waals surface area contributed by atoms with Crippen LogP contribution in [0.3, 0.4) is 0 Å². The second kappa shape index (κ2) is 7.02. The number of aryl methyl sites for hydroxylation is 2. The minimum absolute atomic E-state index is 0.0167. The number of nitrogens with two attached hydrogens (primary N) is 1. The largest absolute Gasteiger partial charge is 0.271 e. The maximum absolute atomic E-state index is 5.80. The van der Waals surface area contributed by atoms with Crippen LogP contribution in [-0.4, -0.2) is 0 Å². The third kappa shape index (κ3) is 3.69. The van der Waals surface area contributed by atoms with Crippen LogP contribution in [-0.2, 0) is 6.42 Å². The van der Waals surface area contributed by atoms with Crippen LogP contribution >= 0.6 is 15.9 Å². The molecule has 0 radical (unpaired) electrons. The predicted octanol–water partition coefficient (Wildman–Crippen LogP) is 4.26. The lowest BCUT2D eigenvalue weighted by Gasteiger charge is -2.19. The Bertz CT molecular complexity index is 561. The van der Waals surface area contributed by atoms with Gasteiger partial charge in [0.1, 0.15) is 0 Å². The summed E-state index contributed by atoms with van der Waals surface area (Å²) in [7, 11) is 0. The number of hydrogen-bond acceptors (Lipinski definition) is 2. The molecule has 0 bridgehead atoms. The SMILES string of the molecule is CCCc1cccc(C(NN)c2cc(C)cc(Br)c2)c1. The topological polar surface area (TPSA) is 38.0 Å². The van der Waals surface area contributed by atoms with Gasteiger partial charge in [0.2, 0.25) is 0 Å². The van der Waals surface area contributed by atoms with Crippen LogP contribution in [0.4, 0.5) is 0 Å².